The van der Waals surface area contributed by atoms with Crippen LogP contribution in [0.25, 0.3) is 0 Å². The topological polar surface area (TPSA) is 54.0 Å². The lowest BCUT2D eigenvalue weighted by Crippen LogP contribution is -2.39. The van der Waals surface area contributed by atoms with Crippen LogP contribution in [0.3, 0.4) is 0 Å². The van der Waals surface area contributed by atoms with Gasteiger partial charge in [-0.2, -0.15) is 0 Å². The predicted molar refractivity (Wildman–Crippen MR) is 160 cm³/mol. The number of allylic oxidation sites excluding steroid dienone is 6. The van der Waals surface area contributed by atoms with Crippen LogP contribution in [0.2, 0.25) is 18.1 Å². The Morgan fingerprint density at radius 3 is 2.34 bits per heavy atom. The first-order valence-electron chi connectivity index (χ1n) is 14.2. The van der Waals surface area contributed by atoms with E-state index in [4.69, 9.17) is 18.6 Å². The summed E-state index contributed by atoms with van der Waals surface area (Å²) in [7, 11) is -0.339. The summed E-state index contributed by atoms with van der Waals surface area (Å²) in [6.07, 6.45) is 23.8. The largest absolute Gasteiger partial charge is 0.469 e. The van der Waals surface area contributed by atoms with Gasteiger partial charge in [0, 0.05) is 6.42 Å². The molecule has 1 heterocycles. The van der Waals surface area contributed by atoms with E-state index in [9.17, 15) is 4.79 Å². The Balaban J connectivity index is 2.74. The fourth-order valence-corrected chi connectivity index (χ4v) is 7.09. The second kappa shape index (κ2) is 19.0. The third kappa shape index (κ3) is 13.6. The van der Waals surface area contributed by atoms with Gasteiger partial charge in [-0.05, 0) is 75.9 Å². The van der Waals surface area contributed by atoms with E-state index in [2.05, 4.69) is 63.8 Å². The van der Waals surface area contributed by atoms with E-state index in [1.54, 1.807) is 0 Å². The van der Waals surface area contributed by atoms with Gasteiger partial charge < -0.3 is 18.6 Å². The monoisotopic (exact) mass is 542 g/mol. The van der Waals surface area contributed by atoms with Gasteiger partial charge in [-0.25, -0.2) is 0 Å². The summed E-state index contributed by atoms with van der Waals surface area (Å²) >= 11 is 0. The van der Waals surface area contributed by atoms with E-state index in [0.29, 0.717) is 12.8 Å². The van der Waals surface area contributed by atoms with Crippen molar-refractivity contribution >= 4 is 14.3 Å². The quantitative estimate of drug-likeness (QED) is 0.0654. The maximum Gasteiger partial charge on any atom is 0.305 e. The number of methoxy groups -OCH3 is 1. The Labute approximate surface area is 233 Å². The molecule has 1 aliphatic rings. The van der Waals surface area contributed by atoms with Crippen molar-refractivity contribution in [1.82, 2.24) is 0 Å². The first-order valence-corrected chi connectivity index (χ1v) is 16.7. The zero-order chi connectivity index (χ0) is 28.3. The van der Waals surface area contributed by atoms with Crippen LogP contribution in [0.1, 0.15) is 73.6 Å². The number of hydrogen-bond donors (Lipinski definition) is 0. The molecule has 0 saturated carbocycles. The van der Waals surface area contributed by atoms with E-state index >= 15 is 0 Å². The average Bonchev–Trinajstić information content (AvgIpc) is 3.21. The molecular weight excluding hydrogens is 492 g/mol. The van der Waals surface area contributed by atoms with Crippen molar-refractivity contribution in [3.8, 4) is 11.8 Å². The minimum atomic E-state index is -1.76. The minimum absolute atomic E-state index is 0.0166. The summed E-state index contributed by atoms with van der Waals surface area (Å²) in [6, 6.07) is 3.29. The van der Waals surface area contributed by atoms with Crippen LogP contribution >= 0.6 is 0 Å². The van der Waals surface area contributed by atoms with E-state index in [0.717, 1.165) is 37.4 Å². The Hall–Kier alpha value is -2.17. The highest BCUT2D eigenvalue weighted by Gasteiger charge is 2.39. The van der Waals surface area contributed by atoms with Crippen molar-refractivity contribution in [3.05, 3.63) is 60.8 Å². The predicted octanol–water partition coefficient (Wildman–Crippen LogP) is 7.82. The second-order valence-corrected chi connectivity index (χ2v) is 14.6. The Morgan fingerprint density at radius 1 is 0.974 bits per heavy atom. The normalized spacial score (nSPS) is 20.7. The number of ether oxygens (including phenoxy) is 3. The van der Waals surface area contributed by atoms with Crippen LogP contribution < -0.4 is 0 Å². The Bertz CT molecular complexity index is 875. The van der Waals surface area contributed by atoms with E-state index < -0.39 is 14.1 Å². The maximum absolute atomic E-state index is 11.3. The highest BCUT2D eigenvalue weighted by atomic mass is 28.4. The van der Waals surface area contributed by atoms with Crippen LogP contribution in [-0.4, -0.2) is 45.5 Å². The fourth-order valence-electron chi connectivity index (χ4n) is 4.27. The van der Waals surface area contributed by atoms with Crippen molar-refractivity contribution in [2.24, 2.45) is 0 Å². The number of esters is 1. The summed E-state index contributed by atoms with van der Waals surface area (Å²) in [5.74, 6) is 5.41. The minimum Gasteiger partial charge on any atom is -0.469 e. The van der Waals surface area contributed by atoms with Crippen molar-refractivity contribution in [2.45, 2.75) is 116 Å². The summed E-state index contributed by atoms with van der Waals surface area (Å²) in [6.45, 7) is 12.7. The van der Waals surface area contributed by atoms with Gasteiger partial charge in [0.2, 0.25) is 0 Å². The lowest BCUT2D eigenvalue weighted by Gasteiger charge is -2.31. The summed E-state index contributed by atoms with van der Waals surface area (Å²) < 4.78 is 23.5. The highest BCUT2D eigenvalue weighted by Crippen LogP contribution is 2.31. The fraction of sp³-hybridized carbons (Fsp3) is 0.594. The maximum atomic E-state index is 11.3. The first-order chi connectivity index (χ1) is 18.2. The molecule has 3 atom stereocenters. The molecule has 1 aliphatic heterocycles. The third-order valence-corrected chi connectivity index (χ3v) is 11.3. The number of carbonyl (C=O) groups is 1. The molecule has 0 N–H and O–H groups in total. The Morgan fingerprint density at radius 2 is 1.68 bits per heavy atom. The number of carbonyl (C=O) groups excluding carboxylic acids is 1. The van der Waals surface area contributed by atoms with Gasteiger partial charge in [0.1, 0.15) is 6.10 Å². The van der Waals surface area contributed by atoms with Gasteiger partial charge in [-0.3, -0.25) is 4.79 Å². The molecule has 0 aromatic rings. The first kappa shape index (κ1) is 33.9. The molecule has 0 aromatic heterocycles. The van der Waals surface area contributed by atoms with Crippen LogP contribution in [0.4, 0.5) is 0 Å². The SMILES string of the molecule is CC/C=C/C[C@@H]1OC(C)(C)O[C@@H]1/C=C/C=C/C#C/C=C/[C@H](C/C=C\CCC(=O)OC)O[Si](CC)(CC)CC. The number of rotatable bonds is 16. The van der Waals surface area contributed by atoms with Crippen molar-refractivity contribution in [3.63, 3.8) is 0 Å². The lowest BCUT2D eigenvalue weighted by atomic mass is 10.1. The van der Waals surface area contributed by atoms with Crippen LogP contribution in [-0.2, 0) is 23.4 Å². The van der Waals surface area contributed by atoms with Gasteiger partial charge in [0.15, 0.2) is 14.1 Å². The molecule has 5 nitrogen and oxygen atoms in total. The van der Waals surface area contributed by atoms with E-state index in [1.807, 2.05) is 50.3 Å². The van der Waals surface area contributed by atoms with Crippen LogP contribution in [0.15, 0.2) is 60.8 Å². The Kier molecular flexibility index (Phi) is 16.9. The second-order valence-electron chi connectivity index (χ2n) is 9.87. The molecule has 0 aliphatic carbocycles. The summed E-state index contributed by atoms with van der Waals surface area (Å²) in [5, 5.41) is 0. The standard InChI is InChI=1S/C32H50O5Si/c1-8-12-18-25-29-30(36-32(5,6)35-29)26-21-16-14-13-15-19-23-28(37-38(9-2,10-3)11-4)24-20-17-22-27-31(33)34-7/h12,14,16-21,23,26,28-30H,8-11,22,24-25,27H2,1-7H3/b16-14+,18-12+,20-17-,23-19+,26-21+/t28-,29+,30-/m1/s1. The molecule has 0 bridgehead atoms. The van der Waals surface area contributed by atoms with Crippen molar-refractivity contribution in [1.29, 1.82) is 0 Å². The average molecular weight is 543 g/mol. The van der Waals surface area contributed by atoms with E-state index in [-0.39, 0.29) is 24.3 Å². The van der Waals surface area contributed by atoms with Crippen LogP contribution in [0, 0.1) is 11.8 Å². The van der Waals surface area contributed by atoms with Gasteiger partial charge >= 0.3 is 5.97 Å². The molecule has 0 radical (unpaired) electrons. The smallest absolute Gasteiger partial charge is 0.305 e. The molecule has 0 spiro atoms. The molecular formula is C32H50O5Si. The molecule has 38 heavy (non-hydrogen) atoms. The molecule has 0 unspecified atom stereocenters. The third-order valence-electron chi connectivity index (χ3n) is 6.67. The number of hydrogen-bond acceptors (Lipinski definition) is 5. The molecule has 0 amide bonds. The van der Waals surface area contributed by atoms with Crippen molar-refractivity contribution < 1.29 is 23.4 Å². The molecule has 6 heteroatoms. The summed E-state index contributed by atoms with van der Waals surface area (Å²) in [4.78, 5) is 11.3. The van der Waals surface area contributed by atoms with Gasteiger partial charge in [-0.1, -0.05) is 82.1 Å². The van der Waals surface area contributed by atoms with Crippen molar-refractivity contribution in [2.75, 3.05) is 7.11 Å². The molecule has 212 valence electrons. The molecule has 1 saturated heterocycles. The van der Waals surface area contributed by atoms with Gasteiger partial charge in [0.05, 0.1) is 19.3 Å². The van der Waals surface area contributed by atoms with Crippen LogP contribution in [0.5, 0.6) is 0 Å². The lowest BCUT2D eigenvalue weighted by molar-refractivity contribution is -0.142. The van der Waals surface area contributed by atoms with E-state index in [1.165, 1.54) is 7.11 Å². The highest BCUT2D eigenvalue weighted by molar-refractivity contribution is 6.73. The van der Waals surface area contributed by atoms with Gasteiger partial charge in [-0.15, -0.1) is 0 Å². The zero-order valence-electron chi connectivity index (χ0n) is 24.7. The molecule has 0 aromatic carbocycles. The molecule has 1 fully saturated rings. The molecule has 1 rings (SSSR count). The summed E-state index contributed by atoms with van der Waals surface area (Å²) in [5.41, 5.74) is 0. The zero-order valence-corrected chi connectivity index (χ0v) is 25.7. The van der Waals surface area contributed by atoms with Gasteiger partial charge in [0.25, 0.3) is 0 Å².